The SMILES string of the molecule is CCC(=O)OC1=C(NC(C)=O)CCCC1. The van der Waals surface area contributed by atoms with Crippen LogP contribution < -0.4 is 5.32 Å². The molecule has 4 nitrogen and oxygen atoms in total. The summed E-state index contributed by atoms with van der Waals surface area (Å²) >= 11 is 0. The Labute approximate surface area is 89.7 Å². The van der Waals surface area contributed by atoms with Gasteiger partial charge < -0.3 is 10.1 Å². The summed E-state index contributed by atoms with van der Waals surface area (Å²) < 4.78 is 5.18. The van der Waals surface area contributed by atoms with Crippen LogP contribution in [0.25, 0.3) is 0 Å². The van der Waals surface area contributed by atoms with Gasteiger partial charge in [0.05, 0.1) is 5.70 Å². The lowest BCUT2D eigenvalue weighted by atomic mass is 10.0. The fraction of sp³-hybridized carbons (Fsp3) is 0.636. The van der Waals surface area contributed by atoms with E-state index in [-0.39, 0.29) is 11.9 Å². The molecule has 1 aliphatic rings. The van der Waals surface area contributed by atoms with Gasteiger partial charge in [-0.2, -0.15) is 0 Å². The van der Waals surface area contributed by atoms with E-state index in [4.69, 9.17) is 4.74 Å². The van der Waals surface area contributed by atoms with Gasteiger partial charge in [0.1, 0.15) is 5.76 Å². The lowest BCUT2D eigenvalue weighted by Gasteiger charge is -2.19. The summed E-state index contributed by atoms with van der Waals surface area (Å²) in [6.07, 6.45) is 3.92. The van der Waals surface area contributed by atoms with E-state index < -0.39 is 0 Å². The number of rotatable bonds is 3. The number of ether oxygens (including phenoxy) is 1. The highest BCUT2D eigenvalue weighted by molar-refractivity contribution is 5.75. The molecule has 0 unspecified atom stereocenters. The molecule has 0 saturated heterocycles. The number of nitrogens with one attached hydrogen (secondary N) is 1. The summed E-state index contributed by atoms with van der Waals surface area (Å²) in [7, 11) is 0. The van der Waals surface area contributed by atoms with Crippen molar-refractivity contribution >= 4 is 11.9 Å². The molecule has 1 rings (SSSR count). The first-order valence-corrected chi connectivity index (χ1v) is 5.33. The van der Waals surface area contributed by atoms with Gasteiger partial charge in [-0.15, -0.1) is 0 Å². The minimum atomic E-state index is -0.241. The smallest absolute Gasteiger partial charge is 0.310 e. The van der Waals surface area contributed by atoms with E-state index in [1.807, 2.05) is 0 Å². The minimum absolute atomic E-state index is 0.114. The molecule has 1 N–H and O–H groups in total. The summed E-state index contributed by atoms with van der Waals surface area (Å²) in [5.41, 5.74) is 0.774. The maximum Gasteiger partial charge on any atom is 0.310 e. The molecule has 0 aromatic rings. The molecule has 0 fully saturated rings. The van der Waals surface area contributed by atoms with Crippen molar-refractivity contribution in [2.75, 3.05) is 0 Å². The zero-order valence-corrected chi connectivity index (χ0v) is 9.26. The summed E-state index contributed by atoms with van der Waals surface area (Å²) in [5.74, 6) is 0.287. The van der Waals surface area contributed by atoms with Gasteiger partial charge in [0.25, 0.3) is 0 Å². The first-order chi connectivity index (χ1) is 7.13. The number of allylic oxidation sites excluding steroid dienone is 2. The van der Waals surface area contributed by atoms with Crippen LogP contribution in [0.5, 0.6) is 0 Å². The lowest BCUT2D eigenvalue weighted by Crippen LogP contribution is -2.24. The van der Waals surface area contributed by atoms with Gasteiger partial charge in [-0.05, 0) is 19.3 Å². The van der Waals surface area contributed by atoms with Crippen molar-refractivity contribution in [3.05, 3.63) is 11.5 Å². The number of carbonyl (C=O) groups is 2. The highest BCUT2D eigenvalue weighted by Crippen LogP contribution is 2.24. The molecule has 1 amide bonds. The van der Waals surface area contributed by atoms with Crippen molar-refractivity contribution in [2.24, 2.45) is 0 Å². The number of hydrogen-bond acceptors (Lipinski definition) is 3. The van der Waals surface area contributed by atoms with Crippen molar-refractivity contribution in [2.45, 2.75) is 46.0 Å². The van der Waals surface area contributed by atoms with E-state index in [1.165, 1.54) is 6.92 Å². The molecule has 0 aliphatic heterocycles. The van der Waals surface area contributed by atoms with Gasteiger partial charge in [-0.25, -0.2) is 0 Å². The van der Waals surface area contributed by atoms with Crippen molar-refractivity contribution in [3.8, 4) is 0 Å². The van der Waals surface area contributed by atoms with Crippen LogP contribution in [0.3, 0.4) is 0 Å². The Hall–Kier alpha value is -1.32. The van der Waals surface area contributed by atoms with E-state index >= 15 is 0 Å². The Morgan fingerprint density at radius 1 is 1.33 bits per heavy atom. The van der Waals surface area contributed by atoms with Gasteiger partial charge in [-0.3, -0.25) is 9.59 Å². The topological polar surface area (TPSA) is 55.4 Å². The molecule has 0 bridgehead atoms. The lowest BCUT2D eigenvalue weighted by molar-refractivity contribution is -0.139. The van der Waals surface area contributed by atoms with Crippen molar-refractivity contribution in [1.29, 1.82) is 0 Å². The molecule has 15 heavy (non-hydrogen) atoms. The molecular formula is C11H17NO3. The van der Waals surface area contributed by atoms with E-state index in [0.29, 0.717) is 12.2 Å². The zero-order valence-electron chi connectivity index (χ0n) is 9.26. The van der Waals surface area contributed by atoms with E-state index in [0.717, 1.165) is 31.4 Å². The molecular weight excluding hydrogens is 194 g/mol. The van der Waals surface area contributed by atoms with Crippen LogP contribution in [-0.2, 0) is 14.3 Å². The fourth-order valence-electron chi connectivity index (χ4n) is 1.54. The molecule has 1 aliphatic carbocycles. The first kappa shape index (κ1) is 11.8. The molecule has 0 heterocycles. The monoisotopic (exact) mass is 211 g/mol. The number of esters is 1. The van der Waals surface area contributed by atoms with Crippen molar-refractivity contribution in [1.82, 2.24) is 5.32 Å². The third kappa shape index (κ3) is 3.73. The van der Waals surface area contributed by atoms with Crippen LogP contribution in [0.2, 0.25) is 0 Å². The minimum Gasteiger partial charge on any atom is -0.429 e. The summed E-state index contributed by atoms with van der Waals surface area (Å²) in [4.78, 5) is 22.1. The van der Waals surface area contributed by atoms with Crippen molar-refractivity contribution in [3.63, 3.8) is 0 Å². The average Bonchev–Trinajstić information content (AvgIpc) is 2.20. The predicted octanol–water partition coefficient (Wildman–Crippen LogP) is 1.86. The standard InChI is InChI=1S/C11H17NO3/c1-3-11(14)15-10-7-5-4-6-9(10)12-8(2)13/h3-7H2,1-2H3,(H,12,13). The van der Waals surface area contributed by atoms with Gasteiger partial charge >= 0.3 is 5.97 Å². The van der Waals surface area contributed by atoms with Crippen LogP contribution in [0.4, 0.5) is 0 Å². The van der Waals surface area contributed by atoms with Gasteiger partial charge in [0.2, 0.25) is 5.91 Å². The highest BCUT2D eigenvalue weighted by atomic mass is 16.5. The second kappa shape index (κ2) is 5.53. The van der Waals surface area contributed by atoms with Gasteiger partial charge in [0.15, 0.2) is 0 Å². The quantitative estimate of drug-likeness (QED) is 0.725. The van der Waals surface area contributed by atoms with Crippen LogP contribution in [0, 0.1) is 0 Å². The number of amides is 1. The Morgan fingerprint density at radius 2 is 2.00 bits per heavy atom. The summed E-state index contributed by atoms with van der Waals surface area (Å²) in [6, 6.07) is 0. The third-order valence-electron chi connectivity index (χ3n) is 2.27. The molecule has 0 aromatic carbocycles. The van der Waals surface area contributed by atoms with Crippen LogP contribution >= 0.6 is 0 Å². The maximum absolute atomic E-state index is 11.1. The molecule has 0 radical (unpaired) electrons. The number of hydrogen-bond donors (Lipinski definition) is 1. The van der Waals surface area contributed by atoms with Crippen molar-refractivity contribution < 1.29 is 14.3 Å². The second-order valence-corrected chi connectivity index (χ2v) is 3.62. The first-order valence-electron chi connectivity index (χ1n) is 5.33. The largest absolute Gasteiger partial charge is 0.429 e. The highest BCUT2D eigenvalue weighted by Gasteiger charge is 2.17. The Bertz CT molecular complexity index is 294. The molecule has 0 saturated carbocycles. The third-order valence-corrected chi connectivity index (χ3v) is 2.27. The van der Waals surface area contributed by atoms with Crippen LogP contribution in [-0.4, -0.2) is 11.9 Å². The van der Waals surface area contributed by atoms with Crippen LogP contribution in [0.15, 0.2) is 11.5 Å². The fourth-order valence-corrected chi connectivity index (χ4v) is 1.54. The number of carbonyl (C=O) groups excluding carboxylic acids is 2. The molecule has 0 spiro atoms. The van der Waals surface area contributed by atoms with E-state index in [2.05, 4.69) is 5.32 Å². The molecule has 4 heteroatoms. The Morgan fingerprint density at radius 3 is 2.60 bits per heavy atom. The summed E-state index contributed by atoms with van der Waals surface area (Å²) in [5, 5.41) is 2.72. The van der Waals surface area contributed by atoms with E-state index in [1.54, 1.807) is 6.92 Å². The predicted molar refractivity (Wildman–Crippen MR) is 55.7 cm³/mol. The normalized spacial score (nSPS) is 16.1. The second-order valence-electron chi connectivity index (χ2n) is 3.62. The molecule has 0 atom stereocenters. The maximum atomic E-state index is 11.1. The van der Waals surface area contributed by atoms with E-state index in [9.17, 15) is 9.59 Å². The summed E-state index contributed by atoms with van der Waals surface area (Å²) in [6.45, 7) is 3.21. The Balaban J connectivity index is 2.71. The van der Waals surface area contributed by atoms with Gasteiger partial charge in [-0.1, -0.05) is 6.92 Å². The average molecular weight is 211 g/mol. The zero-order chi connectivity index (χ0) is 11.3. The van der Waals surface area contributed by atoms with Gasteiger partial charge in [0, 0.05) is 19.8 Å². The molecule has 0 aromatic heterocycles. The Kier molecular flexibility index (Phi) is 4.34. The van der Waals surface area contributed by atoms with Crippen LogP contribution in [0.1, 0.15) is 46.0 Å². The molecule has 84 valence electrons.